The molecule has 0 radical (unpaired) electrons. The third-order valence-corrected chi connectivity index (χ3v) is 4.70. The van der Waals surface area contributed by atoms with Crippen LogP contribution >= 0.6 is 0 Å². The zero-order chi connectivity index (χ0) is 18.8. The fraction of sp³-hybridized carbons (Fsp3) is 0.300. The van der Waals surface area contributed by atoms with Crippen molar-refractivity contribution < 1.29 is 23.8 Å². The summed E-state index contributed by atoms with van der Waals surface area (Å²) in [7, 11) is 1.31. The summed E-state index contributed by atoms with van der Waals surface area (Å²) in [6.07, 6.45) is 0. The Morgan fingerprint density at radius 1 is 1.19 bits per heavy atom. The van der Waals surface area contributed by atoms with Crippen molar-refractivity contribution in [3.05, 3.63) is 59.7 Å². The van der Waals surface area contributed by atoms with Crippen LogP contribution in [0.25, 0.3) is 0 Å². The summed E-state index contributed by atoms with van der Waals surface area (Å²) in [6, 6.07) is 13.8. The van der Waals surface area contributed by atoms with Crippen molar-refractivity contribution in [2.24, 2.45) is 0 Å². The normalized spacial score (nSPS) is 20.6. The molecule has 0 bridgehead atoms. The second-order valence-corrected chi connectivity index (χ2v) is 6.51. The van der Waals surface area contributed by atoms with Crippen LogP contribution in [-0.4, -0.2) is 43.3 Å². The topological polar surface area (TPSA) is 76.9 Å². The molecular weight excluding hydrogens is 348 g/mol. The number of nitrogens with one attached hydrogen (secondary N) is 1. The van der Waals surface area contributed by atoms with Crippen molar-refractivity contribution in [3.8, 4) is 11.5 Å². The number of rotatable bonds is 6. The summed E-state index contributed by atoms with van der Waals surface area (Å²) in [5.74, 6) is 0.792. The number of benzene rings is 2. The molecule has 7 nitrogen and oxygen atoms in total. The molecule has 7 heteroatoms. The lowest BCUT2D eigenvalue weighted by atomic mass is 10.1. The third kappa shape index (κ3) is 3.73. The highest BCUT2D eigenvalue weighted by Gasteiger charge is 2.41. The first kappa shape index (κ1) is 17.4. The molecule has 1 amide bonds. The van der Waals surface area contributed by atoms with Crippen LogP contribution in [0.15, 0.2) is 48.5 Å². The first-order valence-electron chi connectivity index (χ1n) is 8.71. The van der Waals surface area contributed by atoms with E-state index in [0.29, 0.717) is 18.7 Å². The smallest absolute Gasteiger partial charge is 0.333 e. The maximum Gasteiger partial charge on any atom is 0.333 e. The molecule has 2 aliphatic heterocycles. The molecule has 0 saturated carbocycles. The van der Waals surface area contributed by atoms with Gasteiger partial charge in [0.1, 0.15) is 6.04 Å². The van der Waals surface area contributed by atoms with Crippen LogP contribution in [-0.2, 0) is 20.9 Å². The summed E-state index contributed by atoms with van der Waals surface area (Å²) < 4.78 is 15.5. The van der Waals surface area contributed by atoms with Gasteiger partial charge in [0.25, 0.3) is 0 Å². The number of ether oxygens (including phenoxy) is 3. The van der Waals surface area contributed by atoms with Gasteiger partial charge in [-0.2, -0.15) is 0 Å². The zero-order valence-electron chi connectivity index (χ0n) is 14.9. The van der Waals surface area contributed by atoms with Gasteiger partial charge in [0.15, 0.2) is 17.5 Å². The van der Waals surface area contributed by atoms with Gasteiger partial charge >= 0.3 is 5.97 Å². The van der Waals surface area contributed by atoms with E-state index in [9.17, 15) is 9.59 Å². The Hall–Kier alpha value is -3.06. The predicted octanol–water partition coefficient (Wildman–Crippen LogP) is 1.63. The van der Waals surface area contributed by atoms with Crippen LogP contribution in [0.5, 0.6) is 11.5 Å². The molecule has 0 aliphatic carbocycles. The molecule has 27 heavy (non-hydrogen) atoms. The zero-order valence-corrected chi connectivity index (χ0v) is 14.9. The lowest BCUT2D eigenvalue weighted by molar-refractivity contribution is -0.145. The molecule has 2 aromatic carbocycles. The van der Waals surface area contributed by atoms with E-state index in [1.807, 2.05) is 41.3 Å². The molecule has 2 aliphatic rings. The number of esters is 1. The van der Waals surface area contributed by atoms with Crippen molar-refractivity contribution in [1.82, 2.24) is 10.2 Å². The number of methoxy groups -OCH3 is 1. The van der Waals surface area contributed by atoms with Crippen LogP contribution in [0.1, 0.15) is 17.2 Å². The summed E-state index contributed by atoms with van der Waals surface area (Å²) in [6.45, 7) is 1.51. The highest BCUT2D eigenvalue weighted by molar-refractivity contribution is 5.90. The van der Waals surface area contributed by atoms with Gasteiger partial charge in [-0.15, -0.1) is 0 Å². The van der Waals surface area contributed by atoms with Crippen LogP contribution in [0.4, 0.5) is 0 Å². The van der Waals surface area contributed by atoms with E-state index < -0.39 is 12.0 Å². The highest BCUT2D eigenvalue weighted by Crippen LogP contribution is 2.34. The molecule has 0 aromatic heterocycles. The van der Waals surface area contributed by atoms with Gasteiger partial charge in [-0.05, 0) is 23.3 Å². The maximum atomic E-state index is 12.6. The predicted molar refractivity (Wildman–Crippen MR) is 96.1 cm³/mol. The van der Waals surface area contributed by atoms with Crippen LogP contribution in [0, 0.1) is 0 Å². The average Bonchev–Trinajstić information content (AvgIpc) is 3.31. The Morgan fingerprint density at radius 3 is 2.74 bits per heavy atom. The summed E-state index contributed by atoms with van der Waals surface area (Å²) in [5.41, 5.74) is 1.74. The van der Waals surface area contributed by atoms with E-state index in [4.69, 9.17) is 14.2 Å². The van der Waals surface area contributed by atoms with Crippen LogP contribution in [0.3, 0.4) is 0 Å². The highest BCUT2D eigenvalue weighted by atomic mass is 16.7. The van der Waals surface area contributed by atoms with E-state index in [2.05, 4.69) is 5.32 Å². The van der Waals surface area contributed by atoms with Crippen LogP contribution in [0.2, 0.25) is 0 Å². The van der Waals surface area contributed by atoms with Gasteiger partial charge in [-0.25, -0.2) is 4.79 Å². The summed E-state index contributed by atoms with van der Waals surface area (Å²) in [5, 5.41) is 2.80. The maximum absolute atomic E-state index is 12.6. The van der Waals surface area contributed by atoms with Crippen LogP contribution < -0.4 is 14.8 Å². The number of carbonyl (C=O) groups is 2. The Morgan fingerprint density at radius 2 is 1.96 bits per heavy atom. The Bertz CT molecular complexity index is 855. The second kappa shape index (κ2) is 7.28. The molecule has 3 atom stereocenters. The van der Waals surface area contributed by atoms with Gasteiger partial charge < -0.3 is 19.5 Å². The van der Waals surface area contributed by atoms with E-state index in [-0.39, 0.29) is 18.7 Å². The number of carbonyl (C=O) groups excluding carboxylic acids is 2. The van der Waals surface area contributed by atoms with Gasteiger partial charge in [0, 0.05) is 13.1 Å². The van der Waals surface area contributed by atoms with Gasteiger partial charge in [-0.3, -0.25) is 9.69 Å². The van der Waals surface area contributed by atoms with Crippen molar-refractivity contribution in [2.75, 3.05) is 20.4 Å². The molecule has 140 valence electrons. The molecular formula is C20H20N2O5. The van der Waals surface area contributed by atoms with Gasteiger partial charge in [0.05, 0.1) is 7.11 Å². The van der Waals surface area contributed by atoms with E-state index in [1.165, 1.54) is 7.11 Å². The Balaban J connectivity index is 1.38. The Kier molecular flexibility index (Phi) is 4.68. The van der Waals surface area contributed by atoms with Gasteiger partial charge in [-0.1, -0.05) is 36.4 Å². The minimum absolute atomic E-state index is 0.185. The molecule has 1 N–H and O–H groups in total. The molecule has 3 unspecified atom stereocenters. The average molecular weight is 368 g/mol. The van der Waals surface area contributed by atoms with Crippen molar-refractivity contribution >= 4 is 11.9 Å². The third-order valence-electron chi connectivity index (χ3n) is 4.70. The van der Waals surface area contributed by atoms with E-state index in [1.54, 1.807) is 12.1 Å². The fourth-order valence-electron chi connectivity index (χ4n) is 3.15. The summed E-state index contributed by atoms with van der Waals surface area (Å²) >= 11 is 0. The van der Waals surface area contributed by atoms with E-state index >= 15 is 0 Å². The molecule has 2 aromatic rings. The SMILES string of the molecule is COC(=O)C(NC(=O)C1CN1Cc1ccc2c(c1)OCO2)c1ccccc1. The minimum atomic E-state index is -0.809. The monoisotopic (exact) mass is 368 g/mol. The van der Waals surface area contributed by atoms with Crippen molar-refractivity contribution in [2.45, 2.75) is 18.6 Å². The van der Waals surface area contributed by atoms with Crippen molar-refractivity contribution in [1.29, 1.82) is 0 Å². The number of fused-ring (bicyclic) bond motifs is 1. The number of nitrogens with zero attached hydrogens (tertiary/aromatic N) is 1. The molecule has 1 saturated heterocycles. The quantitative estimate of drug-likeness (QED) is 0.617. The van der Waals surface area contributed by atoms with Crippen molar-refractivity contribution in [3.63, 3.8) is 0 Å². The molecule has 2 heterocycles. The lowest BCUT2D eigenvalue weighted by Gasteiger charge is -2.17. The number of amides is 1. The fourth-order valence-corrected chi connectivity index (χ4v) is 3.15. The lowest BCUT2D eigenvalue weighted by Crippen LogP contribution is -2.38. The Labute approximate surface area is 156 Å². The summed E-state index contributed by atoms with van der Waals surface area (Å²) in [4.78, 5) is 26.7. The van der Waals surface area contributed by atoms with E-state index in [0.717, 1.165) is 17.1 Å². The molecule has 1 fully saturated rings. The number of hydrogen-bond acceptors (Lipinski definition) is 6. The molecule has 0 spiro atoms. The second-order valence-electron chi connectivity index (χ2n) is 6.51. The van der Waals surface area contributed by atoms with Gasteiger partial charge in [0.2, 0.25) is 12.7 Å². The minimum Gasteiger partial charge on any atom is -0.467 e. The molecule has 4 rings (SSSR count). The largest absolute Gasteiger partial charge is 0.467 e. The standard InChI is InChI=1S/C20H20N2O5/c1-25-20(24)18(14-5-3-2-4-6-14)21-19(23)15-11-22(15)10-13-7-8-16-17(9-13)27-12-26-16/h2-9,15,18H,10-12H2,1H3,(H,21,23). The number of hydrogen-bond donors (Lipinski definition) is 1. The first-order valence-corrected chi connectivity index (χ1v) is 8.71. The first-order chi connectivity index (χ1) is 13.2.